The van der Waals surface area contributed by atoms with Crippen LogP contribution < -0.4 is 5.73 Å². The van der Waals surface area contributed by atoms with E-state index in [0.29, 0.717) is 0 Å². The lowest BCUT2D eigenvalue weighted by atomic mass is 9.98. The van der Waals surface area contributed by atoms with Gasteiger partial charge < -0.3 is 5.73 Å². The van der Waals surface area contributed by atoms with Gasteiger partial charge in [0, 0.05) is 18.4 Å². The molecule has 0 amide bonds. The van der Waals surface area contributed by atoms with Crippen molar-refractivity contribution < 1.29 is 0 Å². The van der Waals surface area contributed by atoms with E-state index in [2.05, 4.69) is 47.4 Å². The van der Waals surface area contributed by atoms with Crippen molar-refractivity contribution in [3.63, 3.8) is 0 Å². The first-order chi connectivity index (χ1) is 10.3. The zero-order valence-corrected chi connectivity index (χ0v) is 11.8. The third kappa shape index (κ3) is 3.36. The molecule has 0 aliphatic rings. The van der Waals surface area contributed by atoms with Gasteiger partial charge in [-0.2, -0.15) is 0 Å². The van der Waals surface area contributed by atoms with Crippen molar-refractivity contribution in [2.24, 2.45) is 5.73 Å². The summed E-state index contributed by atoms with van der Waals surface area (Å²) in [6.07, 6.45) is 4.51. The number of hydrogen-bond donors (Lipinski definition) is 1. The Morgan fingerprint density at radius 2 is 1.57 bits per heavy atom. The minimum absolute atomic E-state index is 0.0374. The molecular weight excluding hydrogens is 256 g/mol. The van der Waals surface area contributed by atoms with Crippen LogP contribution in [0.25, 0.3) is 11.1 Å². The van der Waals surface area contributed by atoms with Crippen LogP contribution in [-0.4, -0.2) is 4.98 Å². The predicted molar refractivity (Wildman–Crippen MR) is 86.7 cm³/mol. The normalized spacial score (nSPS) is 12.0. The van der Waals surface area contributed by atoms with Gasteiger partial charge in [-0.3, -0.25) is 4.98 Å². The fourth-order valence-corrected chi connectivity index (χ4v) is 2.44. The largest absolute Gasteiger partial charge is 0.324 e. The van der Waals surface area contributed by atoms with E-state index in [1.165, 1.54) is 16.7 Å². The van der Waals surface area contributed by atoms with E-state index >= 15 is 0 Å². The van der Waals surface area contributed by atoms with Crippen LogP contribution in [-0.2, 0) is 6.42 Å². The van der Waals surface area contributed by atoms with Crippen molar-refractivity contribution in [1.29, 1.82) is 0 Å². The van der Waals surface area contributed by atoms with E-state index in [0.717, 1.165) is 12.0 Å². The van der Waals surface area contributed by atoms with E-state index in [1.54, 1.807) is 6.20 Å². The van der Waals surface area contributed by atoms with E-state index in [9.17, 15) is 0 Å². The second-order valence-corrected chi connectivity index (χ2v) is 5.16. The highest BCUT2D eigenvalue weighted by Gasteiger charge is 2.06. The molecule has 0 bridgehead atoms. The highest BCUT2D eigenvalue weighted by molar-refractivity contribution is 5.62. The van der Waals surface area contributed by atoms with Crippen molar-refractivity contribution in [2.75, 3.05) is 0 Å². The van der Waals surface area contributed by atoms with Crippen molar-refractivity contribution in [3.05, 3.63) is 90.3 Å². The molecule has 3 rings (SSSR count). The Balaban J connectivity index is 1.73. The van der Waals surface area contributed by atoms with Gasteiger partial charge in [0.25, 0.3) is 0 Å². The number of benzene rings is 2. The lowest BCUT2D eigenvalue weighted by Gasteiger charge is -2.12. The third-order valence-corrected chi connectivity index (χ3v) is 3.63. The van der Waals surface area contributed by atoms with Crippen LogP contribution in [0.1, 0.15) is 17.2 Å². The fourth-order valence-electron chi connectivity index (χ4n) is 2.44. The smallest absolute Gasteiger partial charge is 0.0346 e. The van der Waals surface area contributed by atoms with E-state index in [-0.39, 0.29) is 6.04 Å². The topological polar surface area (TPSA) is 38.9 Å². The minimum Gasteiger partial charge on any atom is -0.324 e. The molecule has 2 N–H and O–H groups in total. The molecule has 0 aliphatic heterocycles. The first kappa shape index (κ1) is 13.5. The van der Waals surface area contributed by atoms with Crippen LogP contribution in [0.3, 0.4) is 0 Å². The molecule has 104 valence electrons. The summed E-state index contributed by atoms with van der Waals surface area (Å²) in [7, 11) is 0. The maximum absolute atomic E-state index is 6.27. The number of nitrogens with two attached hydrogens (primary N) is 1. The molecule has 0 radical (unpaired) electrons. The molecule has 2 heteroatoms. The summed E-state index contributed by atoms with van der Waals surface area (Å²) in [5, 5.41) is 0. The Bertz CT molecular complexity index is 676. The summed E-state index contributed by atoms with van der Waals surface area (Å²) in [6.45, 7) is 0. The van der Waals surface area contributed by atoms with Crippen molar-refractivity contribution in [1.82, 2.24) is 4.98 Å². The van der Waals surface area contributed by atoms with E-state index in [4.69, 9.17) is 5.73 Å². The van der Waals surface area contributed by atoms with Gasteiger partial charge in [0.05, 0.1) is 0 Å². The summed E-state index contributed by atoms with van der Waals surface area (Å²) in [5.74, 6) is 0. The molecule has 2 aromatic carbocycles. The van der Waals surface area contributed by atoms with Gasteiger partial charge >= 0.3 is 0 Å². The molecule has 0 saturated carbocycles. The average Bonchev–Trinajstić information content (AvgIpc) is 2.57. The molecule has 1 heterocycles. The zero-order chi connectivity index (χ0) is 14.5. The Kier molecular flexibility index (Phi) is 4.08. The second-order valence-electron chi connectivity index (χ2n) is 5.16. The molecule has 3 aromatic rings. The molecule has 1 aromatic heterocycles. The van der Waals surface area contributed by atoms with Gasteiger partial charge in [-0.05, 0) is 34.7 Å². The third-order valence-electron chi connectivity index (χ3n) is 3.63. The number of aromatic nitrogens is 1. The standard InChI is InChI=1S/C19H18N2/c20-19(17-5-2-1-3-6-17)13-15-8-10-16(11-9-15)18-7-4-12-21-14-18/h1-12,14,19H,13,20H2. The first-order valence-electron chi connectivity index (χ1n) is 7.13. The van der Waals surface area contributed by atoms with Crippen LogP contribution in [0.4, 0.5) is 0 Å². The van der Waals surface area contributed by atoms with E-state index < -0.39 is 0 Å². The summed E-state index contributed by atoms with van der Waals surface area (Å²) in [6, 6.07) is 22.8. The SMILES string of the molecule is NC(Cc1ccc(-c2cccnc2)cc1)c1ccccc1. The second kappa shape index (κ2) is 6.33. The number of nitrogens with zero attached hydrogens (tertiary/aromatic N) is 1. The average molecular weight is 274 g/mol. The van der Waals surface area contributed by atoms with Gasteiger partial charge in [0.1, 0.15) is 0 Å². The monoisotopic (exact) mass is 274 g/mol. The highest BCUT2D eigenvalue weighted by atomic mass is 14.6. The molecule has 2 nitrogen and oxygen atoms in total. The summed E-state index contributed by atoms with van der Waals surface area (Å²) in [5.41, 5.74) is 11.0. The van der Waals surface area contributed by atoms with Crippen LogP contribution in [0.2, 0.25) is 0 Å². The van der Waals surface area contributed by atoms with Crippen LogP contribution in [0, 0.1) is 0 Å². The Morgan fingerprint density at radius 3 is 2.24 bits per heavy atom. The predicted octanol–water partition coefficient (Wildman–Crippen LogP) is 3.99. The number of pyridine rings is 1. The van der Waals surface area contributed by atoms with Crippen LogP contribution in [0.5, 0.6) is 0 Å². The van der Waals surface area contributed by atoms with Crippen molar-refractivity contribution in [3.8, 4) is 11.1 Å². The summed E-state index contributed by atoms with van der Waals surface area (Å²) >= 11 is 0. The van der Waals surface area contributed by atoms with Crippen molar-refractivity contribution >= 4 is 0 Å². The quantitative estimate of drug-likeness (QED) is 0.781. The van der Waals surface area contributed by atoms with E-state index in [1.807, 2.05) is 30.5 Å². The van der Waals surface area contributed by atoms with Gasteiger partial charge in [-0.15, -0.1) is 0 Å². The molecule has 0 fully saturated rings. The molecular formula is C19H18N2. The number of hydrogen-bond acceptors (Lipinski definition) is 2. The lowest BCUT2D eigenvalue weighted by molar-refractivity contribution is 0.722. The molecule has 0 aliphatic carbocycles. The Morgan fingerprint density at radius 1 is 0.810 bits per heavy atom. The van der Waals surface area contributed by atoms with Crippen LogP contribution in [0.15, 0.2) is 79.1 Å². The van der Waals surface area contributed by atoms with Gasteiger partial charge in [-0.1, -0.05) is 60.7 Å². The Labute approximate surface area is 125 Å². The lowest BCUT2D eigenvalue weighted by Crippen LogP contribution is -2.13. The fraction of sp³-hybridized carbons (Fsp3) is 0.105. The summed E-state index contributed by atoms with van der Waals surface area (Å²) in [4.78, 5) is 4.15. The number of rotatable bonds is 4. The minimum atomic E-state index is 0.0374. The van der Waals surface area contributed by atoms with Crippen LogP contribution >= 0.6 is 0 Å². The van der Waals surface area contributed by atoms with Crippen molar-refractivity contribution in [2.45, 2.75) is 12.5 Å². The first-order valence-corrected chi connectivity index (χ1v) is 7.13. The van der Waals surface area contributed by atoms with Gasteiger partial charge in [0.15, 0.2) is 0 Å². The summed E-state index contributed by atoms with van der Waals surface area (Å²) < 4.78 is 0. The molecule has 0 saturated heterocycles. The maximum Gasteiger partial charge on any atom is 0.0346 e. The molecule has 1 unspecified atom stereocenters. The van der Waals surface area contributed by atoms with Gasteiger partial charge in [0.2, 0.25) is 0 Å². The molecule has 1 atom stereocenters. The maximum atomic E-state index is 6.27. The molecule has 0 spiro atoms. The zero-order valence-electron chi connectivity index (χ0n) is 11.8. The Hall–Kier alpha value is -2.45. The highest BCUT2D eigenvalue weighted by Crippen LogP contribution is 2.21. The van der Waals surface area contributed by atoms with Gasteiger partial charge in [-0.25, -0.2) is 0 Å². The molecule has 21 heavy (non-hydrogen) atoms.